The van der Waals surface area contributed by atoms with Gasteiger partial charge in [-0.15, -0.1) is 0 Å². The van der Waals surface area contributed by atoms with Crippen molar-refractivity contribution in [2.75, 3.05) is 19.8 Å². The van der Waals surface area contributed by atoms with E-state index in [4.69, 9.17) is 18.6 Å². The summed E-state index contributed by atoms with van der Waals surface area (Å²) in [6.45, 7) is 4.55. The van der Waals surface area contributed by atoms with Crippen molar-refractivity contribution < 1.29 is 38.1 Å². The standard InChI is InChI=1S/C44H45NO8/c1-30-14-12-21-35(24-30)37-26-40(52-39(37)22-13-23-50-29-36(27-46)51-28-33-17-8-4-9-18-33)41(47)38(25-32-15-6-3-7-16-32)43(48)45-31(2)42(53-44(45)49)34-19-10-5-11-20-34/h3-12,14-21,24,26,31,36,38,42,46H,13,22-23,25,27-29H2,1-2H3. The van der Waals surface area contributed by atoms with Crippen LogP contribution in [0, 0.1) is 12.8 Å². The van der Waals surface area contributed by atoms with Crippen molar-refractivity contribution in [2.45, 2.75) is 58.0 Å². The second-order valence-corrected chi connectivity index (χ2v) is 13.4. The Balaban J connectivity index is 1.20. The lowest BCUT2D eigenvalue weighted by Gasteiger charge is -2.23. The van der Waals surface area contributed by atoms with Gasteiger partial charge in [0.1, 0.15) is 23.9 Å². The molecule has 1 aliphatic rings. The third-order valence-electron chi connectivity index (χ3n) is 9.44. The highest BCUT2D eigenvalue weighted by molar-refractivity contribution is 6.12. The van der Waals surface area contributed by atoms with Gasteiger partial charge < -0.3 is 23.7 Å². The number of hydrogen-bond acceptors (Lipinski definition) is 8. The Hall–Kier alpha value is -5.35. The zero-order chi connectivity index (χ0) is 37.2. The second-order valence-electron chi connectivity index (χ2n) is 13.4. The molecule has 1 fully saturated rings. The quantitative estimate of drug-likeness (QED) is 0.0587. The molecule has 53 heavy (non-hydrogen) atoms. The Morgan fingerprint density at radius 3 is 2.23 bits per heavy atom. The van der Waals surface area contributed by atoms with Crippen LogP contribution in [0.3, 0.4) is 0 Å². The van der Waals surface area contributed by atoms with Crippen molar-refractivity contribution in [3.63, 3.8) is 0 Å². The molecule has 0 saturated carbocycles. The third-order valence-corrected chi connectivity index (χ3v) is 9.44. The molecule has 1 aliphatic heterocycles. The molecule has 0 bridgehead atoms. The summed E-state index contributed by atoms with van der Waals surface area (Å²) in [5.74, 6) is -1.75. The van der Waals surface area contributed by atoms with Crippen LogP contribution in [0.1, 0.15) is 58.0 Å². The van der Waals surface area contributed by atoms with E-state index in [0.717, 1.165) is 38.3 Å². The number of carbonyl (C=O) groups excluding carboxylic acids is 3. The number of furan rings is 1. The zero-order valence-electron chi connectivity index (χ0n) is 30.1. The highest BCUT2D eigenvalue weighted by Gasteiger charge is 2.47. The van der Waals surface area contributed by atoms with Crippen LogP contribution in [0.15, 0.2) is 126 Å². The first kappa shape index (κ1) is 37.4. The van der Waals surface area contributed by atoms with Crippen molar-refractivity contribution in [3.05, 3.63) is 155 Å². The van der Waals surface area contributed by atoms with Gasteiger partial charge in [-0.25, -0.2) is 9.69 Å². The smallest absolute Gasteiger partial charge is 0.417 e. The number of benzene rings is 4. The van der Waals surface area contributed by atoms with Crippen LogP contribution in [-0.2, 0) is 38.5 Å². The number of Topliss-reactive ketones (excluding diaryl/α,β-unsaturated/α-hetero) is 1. The normalized spacial score (nSPS) is 16.7. The summed E-state index contributed by atoms with van der Waals surface area (Å²) >= 11 is 0. The molecule has 2 heterocycles. The first-order valence-corrected chi connectivity index (χ1v) is 18.0. The summed E-state index contributed by atoms with van der Waals surface area (Å²) in [4.78, 5) is 43.1. The third kappa shape index (κ3) is 9.37. The molecule has 4 unspecified atom stereocenters. The van der Waals surface area contributed by atoms with E-state index in [1.807, 2.05) is 122 Å². The highest BCUT2D eigenvalue weighted by Crippen LogP contribution is 2.35. The van der Waals surface area contributed by atoms with E-state index < -0.39 is 42.0 Å². The number of amides is 2. The number of aliphatic hydroxyl groups excluding tert-OH is 1. The van der Waals surface area contributed by atoms with Crippen LogP contribution in [-0.4, -0.2) is 59.8 Å². The molecule has 4 atom stereocenters. The average Bonchev–Trinajstić information content (AvgIpc) is 3.75. The number of nitrogens with zero attached hydrogens (tertiary/aromatic N) is 1. The van der Waals surface area contributed by atoms with Gasteiger partial charge in [0.15, 0.2) is 5.76 Å². The van der Waals surface area contributed by atoms with Crippen LogP contribution in [0.5, 0.6) is 0 Å². The van der Waals surface area contributed by atoms with E-state index in [2.05, 4.69) is 0 Å². The Labute approximate surface area is 310 Å². The fourth-order valence-electron chi connectivity index (χ4n) is 6.61. The Kier molecular flexibility index (Phi) is 12.6. The van der Waals surface area contributed by atoms with Crippen LogP contribution >= 0.6 is 0 Å². The molecule has 1 saturated heterocycles. The number of cyclic esters (lactones) is 1. The number of carbonyl (C=O) groups is 3. The lowest BCUT2D eigenvalue weighted by atomic mass is 9.91. The summed E-state index contributed by atoms with van der Waals surface area (Å²) in [5, 5.41) is 9.81. The first-order valence-electron chi connectivity index (χ1n) is 18.0. The van der Waals surface area contributed by atoms with E-state index in [1.54, 1.807) is 13.0 Å². The molecule has 0 spiro atoms. The average molecular weight is 716 g/mol. The Bertz CT molecular complexity index is 1960. The maximum Gasteiger partial charge on any atom is 0.417 e. The molecule has 9 heteroatoms. The van der Waals surface area contributed by atoms with Gasteiger partial charge in [0.2, 0.25) is 11.7 Å². The van der Waals surface area contributed by atoms with E-state index in [1.165, 1.54) is 0 Å². The number of aryl methyl sites for hydroxylation is 2. The number of hydrogen-bond donors (Lipinski definition) is 1. The molecular formula is C44H45NO8. The van der Waals surface area contributed by atoms with Crippen molar-refractivity contribution >= 4 is 17.8 Å². The number of ether oxygens (including phenoxy) is 3. The second kappa shape index (κ2) is 17.9. The van der Waals surface area contributed by atoms with E-state index in [0.29, 0.717) is 31.8 Å². The molecule has 9 nitrogen and oxygen atoms in total. The maximum absolute atomic E-state index is 14.5. The van der Waals surface area contributed by atoms with Gasteiger partial charge in [0, 0.05) is 18.6 Å². The molecule has 6 rings (SSSR count). The molecule has 0 aliphatic carbocycles. The largest absolute Gasteiger partial charge is 0.457 e. The van der Waals surface area contributed by atoms with Gasteiger partial charge in [0.05, 0.1) is 25.9 Å². The molecule has 274 valence electrons. The van der Waals surface area contributed by atoms with Crippen LogP contribution in [0.2, 0.25) is 0 Å². The summed E-state index contributed by atoms with van der Waals surface area (Å²) < 4.78 is 23.7. The minimum absolute atomic E-state index is 0.0428. The van der Waals surface area contributed by atoms with Gasteiger partial charge in [-0.3, -0.25) is 9.59 Å². The number of imide groups is 1. The lowest BCUT2D eigenvalue weighted by Crippen LogP contribution is -2.44. The van der Waals surface area contributed by atoms with Crippen molar-refractivity contribution in [3.8, 4) is 11.1 Å². The zero-order valence-corrected chi connectivity index (χ0v) is 30.1. The van der Waals surface area contributed by atoms with Gasteiger partial charge in [-0.05, 0) is 55.0 Å². The van der Waals surface area contributed by atoms with Gasteiger partial charge in [-0.1, -0.05) is 121 Å². The molecule has 5 aromatic rings. The number of aliphatic hydroxyl groups is 1. The summed E-state index contributed by atoms with van der Waals surface area (Å²) in [6, 6.07) is 37.3. The minimum atomic E-state index is -1.24. The molecule has 1 N–H and O–H groups in total. The van der Waals surface area contributed by atoms with E-state index in [9.17, 15) is 19.5 Å². The fourth-order valence-corrected chi connectivity index (χ4v) is 6.61. The maximum atomic E-state index is 14.5. The molecule has 0 radical (unpaired) electrons. The Morgan fingerprint density at radius 2 is 1.55 bits per heavy atom. The number of rotatable bonds is 17. The molecular weight excluding hydrogens is 670 g/mol. The predicted molar refractivity (Wildman–Crippen MR) is 200 cm³/mol. The molecule has 2 amide bonds. The van der Waals surface area contributed by atoms with Crippen LogP contribution in [0.4, 0.5) is 4.79 Å². The molecule has 4 aromatic carbocycles. The fraction of sp³-hybridized carbons (Fsp3) is 0.295. The van der Waals surface area contributed by atoms with Gasteiger partial charge in [0.25, 0.3) is 0 Å². The van der Waals surface area contributed by atoms with Crippen molar-refractivity contribution in [1.82, 2.24) is 4.90 Å². The summed E-state index contributed by atoms with van der Waals surface area (Å²) in [7, 11) is 0. The van der Waals surface area contributed by atoms with Crippen molar-refractivity contribution in [2.24, 2.45) is 5.92 Å². The summed E-state index contributed by atoms with van der Waals surface area (Å²) in [6.07, 6.45) is -0.806. The molecule has 1 aromatic heterocycles. The monoisotopic (exact) mass is 715 g/mol. The predicted octanol–water partition coefficient (Wildman–Crippen LogP) is 7.93. The van der Waals surface area contributed by atoms with E-state index >= 15 is 0 Å². The highest BCUT2D eigenvalue weighted by atomic mass is 16.6. The van der Waals surface area contributed by atoms with Crippen LogP contribution in [0.25, 0.3) is 11.1 Å². The van der Waals surface area contributed by atoms with E-state index in [-0.39, 0.29) is 25.4 Å². The first-order chi connectivity index (χ1) is 25.8. The lowest BCUT2D eigenvalue weighted by molar-refractivity contribution is -0.131. The van der Waals surface area contributed by atoms with Crippen LogP contribution < -0.4 is 0 Å². The topological polar surface area (TPSA) is 116 Å². The van der Waals surface area contributed by atoms with Gasteiger partial charge in [-0.2, -0.15) is 0 Å². The number of ketones is 1. The SMILES string of the molecule is Cc1cccc(-c2cc(C(=O)C(Cc3ccccc3)C(=O)N3C(=O)OC(c4ccccc4)C3C)oc2CCCOCC(CO)OCc2ccccc2)c1. The van der Waals surface area contributed by atoms with Gasteiger partial charge >= 0.3 is 6.09 Å². The van der Waals surface area contributed by atoms with Crippen molar-refractivity contribution in [1.29, 1.82) is 0 Å². The minimum Gasteiger partial charge on any atom is -0.457 e. The Morgan fingerprint density at radius 1 is 0.868 bits per heavy atom. The summed E-state index contributed by atoms with van der Waals surface area (Å²) in [5.41, 5.74) is 5.23.